The summed E-state index contributed by atoms with van der Waals surface area (Å²) in [5.41, 5.74) is 5.23. The molecule has 0 amide bonds. The molecule has 0 aliphatic heterocycles. The highest BCUT2D eigenvalue weighted by molar-refractivity contribution is 7.91. The number of sulfone groups is 1. The van der Waals surface area contributed by atoms with Crippen LogP contribution in [0.3, 0.4) is 0 Å². The standard InChI is InChI=1S/C3H8NO3S/c1-7-3(4)8(2,5)6/h3-4H,1-2H3. The van der Waals surface area contributed by atoms with E-state index in [1.165, 1.54) is 7.11 Å². The molecule has 0 saturated carbocycles. The third-order valence-corrected chi connectivity index (χ3v) is 1.57. The molecule has 4 nitrogen and oxygen atoms in total. The van der Waals surface area contributed by atoms with Crippen LogP contribution in [0.2, 0.25) is 0 Å². The van der Waals surface area contributed by atoms with E-state index in [2.05, 4.69) is 4.74 Å². The first-order chi connectivity index (χ1) is 3.48. The molecule has 1 N–H and O–H groups in total. The van der Waals surface area contributed by atoms with Crippen molar-refractivity contribution in [2.45, 2.75) is 5.56 Å². The predicted molar refractivity (Wildman–Crippen MR) is 28.7 cm³/mol. The van der Waals surface area contributed by atoms with Crippen LogP contribution in [0.15, 0.2) is 0 Å². The van der Waals surface area contributed by atoms with Gasteiger partial charge in [-0.15, -0.1) is 0 Å². The molecular weight excluding hydrogens is 130 g/mol. The summed E-state index contributed by atoms with van der Waals surface area (Å²) in [7, 11) is -2.13. The molecule has 8 heavy (non-hydrogen) atoms. The summed E-state index contributed by atoms with van der Waals surface area (Å²) >= 11 is 0. The Kier molecular flexibility index (Phi) is 2.39. The maximum Gasteiger partial charge on any atom is 0.224 e. The summed E-state index contributed by atoms with van der Waals surface area (Å²) in [6.45, 7) is 0. The van der Waals surface area contributed by atoms with E-state index in [0.29, 0.717) is 0 Å². The maximum absolute atomic E-state index is 10.2. The van der Waals surface area contributed by atoms with Gasteiger partial charge in [0.15, 0.2) is 9.84 Å². The van der Waals surface area contributed by atoms with Gasteiger partial charge in [0.1, 0.15) is 0 Å². The molecule has 0 heterocycles. The summed E-state index contributed by atoms with van der Waals surface area (Å²) in [6.07, 6.45) is 0.953. The van der Waals surface area contributed by atoms with Crippen molar-refractivity contribution in [2.75, 3.05) is 13.4 Å². The number of hydrogen-bond donors (Lipinski definition) is 0. The zero-order valence-corrected chi connectivity index (χ0v) is 5.53. The Morgan fingerprint density at radius 2 is 2.00 bits per heavy atom. The zero-order valence-electron chi connectivity index (χ0n) is 4.71. The Morgan fingerprint density at radius 1 is 1.62 bits per heavy atom. The van der Waals surface area contributed by atoms with Gasteiger partial charge in [-0.1, -0.05) is 0 Å². The van der Waals surface area contributed by atoms with Crippen LogP contribution in [-0.2, 0) is 14.6 Å². The van der Waals surface area contributed by atoms with Crippen LogP contribution >= 0.6 is 0 Å². The van der Waals surface area contributed by atoms with Crippen molar-refractivity contribution in [3.8, 4) is 0 Å². The van der Waals surface area contributed by atoms with Crippen LogP contribution in [0.5, 0.6) is 0 Å². The molecule has 1 radical (unpaired) electrons. The van der Waals surface area contributed by atoms with Crippen molar-refractivity contribution in [1.82, 2.24) is 5.73 Å². The Morgan fingerprint density at radius 3 is 2.00 bits per heavy atom. The molecular formula is C3H8NO3S. The van der Waals surface area contributed by atoms with Crippen LogP contribution in [0.25, 0.3) is 0 Å². The minimum absolute atomic E-state index is 0.953. The molecule has 1 atom stereocenters. The molecule has 0 aliphatic rings. The lowest BCUT2D eigenvalue weighted by Crippen LogP contribution is -2.22. The van der Waals surface area contributed by atoms with Gasteiger partial charge in [-0.2, -0.15) is 0 Å². The van der Waals surface area contributed by atoms with Crippen molar-refractivity contribution in [3.63, 3.8) is 0 Å². The highest BCUT2D eigenvalue weighted by Gasteiger charge is 2.13. The SMILES string of the molecule is COC([NH])S(C)(=O)=O. The van der Waals surface area contributed by atoms with Gasteiger partial charge < -0.3 is 4.74 Å². The first-order valence-corrected chi connectivity index (χ1v) is 3.86. The molecule has 0 rings (SSSR count). The summed E-state index contributed by atoms with van der Waals surface area (Å²) in [6, 6.07) is 0. The molecule has 0 aromatic rings. The van der Waals surface area contributed by atoms with Gasteiger partial charge in [0.2, 0.25) is 5.56 Å². The monoisotopic (exact) mass is 138 g/mol. The van der Waals surface area contributed by atoms with E-state index < -0.39 is 15.4 Å². The van der Waals surface area contributed by atoms with Gasteiger partial charge >= 0.3 is 0 Å². The van der Waals surface area contributed by atoms with Crippen molar-refractivity contribution < 1.29 is 13.2 Å². The van der Waals surface area contributed by atoms with E-state index in [4.69, 9.17) is 5.73 Å². The third-order valence-electron chi connectivity index (χ3n) is 0.603. The molecule has 0 aromatic heterocycles. The van der Waals surface area contributed by atoms with Crippen LogP contribution in [0, 0.1) is 0 Å². The molecule has 0 saturated heterocycles. The van der Waals surface area contributed by atoms with E-state index in [-0.39, 0.29) is 0 Å². The van der Waals surface area contributed by atoms with Crippen LogP contribution in [0.4, 0.5) is 0 Å². The van der Waals surface area contributed by atoms with Gasteiger partial charge in [0, 0.05) is 13.4 Å². The summed E-state index contributed by atoms with van der Waals surface area (Å²) in [5, 5.41) is 0. The van der Waals surface area contributed by atoms with Crippen LogP contribution in [0.1, 0.15) is 0 Å². The van der Waals surface area contributed by atoms with Crippen LogP contribution < -0.4 is 5.73 Å². The second-order valence-electron chi connectivity index (χ2n) is 1.40. The highest BCUT2D eigenvalue weighted by atomic mass is 32.2. The van der Waals surface area contributed by atoms with Gasteiger partial charge in [-0.3, -0.25) is 0 Å². The molecule has 0 aromatic carbocycles. The Labute approximate surface area is 48.5 Å². The average molecular weight is 138 g/mol. The normalized spacial score (nSPS) is 15.9. The van der Waals surface area contributed by atoms with E-state index >= 15 is 0 Å². The Bertz CT molecular complexity index is 150. The molecule has 0 aliphatic carbocycles. The number of methoxy groups -OCH3 is 1. The molecule has 0 fully saturated rings. The van der Waals surface area contributed by atoms with Crippen LogP contribution in [-0.4, -0.2) is 27.3 Å². The second kappa shape index (κ2) is 2.43. The summed E-state index contributed by atoms with van der Waals surface area (Å²) < 4.78 is 24.7. The van der Waals surface area contributed by atoms with E-state index in [0.717, 1.165) is 6.26 Å². The lowest BCUT2D eigenvalue weighted by atomic mass is 11.3. The van der Waals surface area contributed by atoms with E-state index in [1.54, 1.807) is 0 Å². The molecule has 0 bridgehead atoms. The fraction of sp³-hybridized carbons (Fsp3) is 1.00. The topological polar surface area (TPSA) is 67.2 Å². The van der Waals surface area contributed by atoms with E-state index in [1.807, 2.05) is 0 Å². The molecule has 49 valence electrons. The summed E-state index contributed by atoms with van der Waals surface area (Å²) in [4.78, 5) is 0. The number of rotatable bonds is 2. The van der Waals surface area contributed by atoms with Gasteiger partial charge in [-0.05, 0) is 0 Å². The van der Waals surface area contributed by atoms with Gasteiger partial charge in [0.25, 0.3) is 0 Å². The van der Waals surface area contributed by atoms with Crippen molar-refractivity contribution in [3.05, 3.63) is 0 Å². The third kappa shape index (κ3) is 2.25. The lowest BCUT2D eigenvalue weighted by molar-refractivity contribution is 0.164. The molecule has 5 heteroatoms. The largest absolute Gasteiger partial charge is 0.352 e. The first-order valence-electron chi connectivity index (χ1n) is 1.91. The van der Waals surface area contributed by atoms with Crippen molar-refractivity contribution in [2.24, 2.45) is 0 Å². The molecule has 1 unspecified atom stereocenters. The zero-order chi connectivity index (χ0) is 6.78. The Hall–Kier alpha value is -0.130. The van der Waals surface area contributed by atoms with Crippen molar-refractivity contribution >= 4 is 9.84 Å². The molecule has 0 spiro atoms. The maximum atomic E-state index is 10.2. The average Bonchev–Trinajstić information content (AvgIpc) is 1.62. The first kappa shape index (κ1) is 7.87. The minimum atomic E-state index is -3.31. The quantitative estimate of drug-likeness (QED) is 0.504. The lowest BCUT2D eigenvalue weighted by Gasteiger charge is -2.02. The minimum Gasteiger partial charge on any atom is -0.352 e. The van der Waals surface area contributed by atoms with Crippen molar-refractivity contribution in [1.29, 1.82) is 0 Å². The second-order valence-corrected chi connectivity index (χ2v) is 3.48. The number of hydrogen-bond acceptors (Lipinski definition) is 3. The van der Waals surface area contributed by atoms with Gasteiger partial charge in [-0.25, -0.2) is 14.2 Å². The fourth-order valence-corrected chi connectivity index (χ4v) is 0.524. The van der Waals surface area contributed by atoms with E-state index in [9.17, 15) is 8.42 Å². The number of ether oxygens (including phenoxy) is 1. The van der Waals surface area contributed by atoms with Gasteiger partial charge in [0.05, 0.1) is 0 Å². The number of nitrogens with one attached hydrogen (secondary N) is 1. The fourth-order valence-electron chi connectivity index (χ4n) is 0.175. The highest BCUT2D eigenvalue weighted by Crippen LogP contribution is 1.91. The Balaban J connectivity index is 4.04. The summed E-state index contributed by atoms with van der Waals surface area (Å²) in [5.74, 6) is 0. The predicted octanol–water partition coefficient (Wildman–Crippen LogP) is -0.756. The smallest absolute Gasteiger partial charge is 0.224 e.